The highest BCUT2D eigenvalue weighted by Gasteiger charge is 2.47. The van der Waals surface area contributed by atoms with Crippen molar-refractivity contribution in [1.82, 2.24) is 19.5 Å². The fourth-order valence-corrected chi connectivity index (χ4v) is 2.63. The van der Waals surface area contributed by atoms with Crippen LogP contribution in [-0.4, -0.2) is 60.4 Å². The Morgan fingerprint density at radius 1 is 1.38 bits per heavy atom. The first-order valence-electron chi connectivity index (χ1n) is 7.19. The molecule has 12 nitrogen and oxygen atoms in total. The van der Waals surface area contributed by atoms with Crippen LogP contribution in [0.15, 0.2) is 6.33 Å². The van der Waals surface area contributed by atoms with Crippen LogP contribution in [0.5, 0.6) is 0 Å². The van der Waals surface area contributed by atoms with Crippen molar-refractivity contribution in [1.29, 1.82) is 0 Å². The van der Waals surface area contributed by atoms with E-state index < -0.39 is 30.3 Å². The summed E-state index contributed by atoms with van der Waals surface area (Å²) in [5, 5.41) is 20.3. The van der Waals surface area contributed by atoms with Crippen LogP contribution < -0.4 is 22.7 Å². The minimum absolute atomic E-state index is 0.0300. The molecule has 0 saturated carbocycles. The van der Waals surface area contributed by atoms with E-state index in [1.165, 1.54) is 10.9 Å². The molecule has 3 heterocycles. The maximum Gasteiger partial charge on any atom is 0.241 e. The van der Waals surface area contributed by atoms with Gasteiger partial charge in [0, 0.05) is 6.42 Å². The predicted molar refractivity (Wildman–Crippen MR) is 82.1 cm³/mol. The lowest BCUT2D eigenvalue weighted by molar-refractivity contribution is -0.135. The van der Waals surface area contributed by atoms with E-state index in [-0.39, 0.29) is 35.9 Å². The SMILES string of the molecule is NCCC(=O)[C@H]1O[C@@H](n2cnc3c(N)nc(NN)nc32)[C@H](O)[C@@H]1O. The number of anilines is 2. The van der Waals surface area contributed by atoms with Gasteiger partial charge in [-0.15, -0.1) is 0 Å². The molecule has 130 valence electrons. The maximum atomic E-state index is 12.0. The standard InChI is InChI=1S/C12H18N8O4/c13-2-1-4(21)8-6(22)7(23)11(24-8)20-3-16-5-9(14)17-12(19-15)18-10(5)20/h3,6-8,11,22-23H,1-2,13,15H2,(H3,14,17,18,19)/t6-,7+,8+,11+/m0/s1. The summed E-state index contributed by atoms with van der Waals surface area (Å²) in [4.78, 5) is 24.0. The van der Waals surface area contributed by atoms with Crippen molar-refractivity contribution in [3.8, 4) is 0 Å². The summed E-state index contributed by atoms with van der Waals surface area (Å²) >= 11 is 0. The number of rotatable bonds is 5. The molecule has 4 atom stereocenters. The number of aliphatic hydroxyl groups excluding tert-OH is 2. The van der Waals surface area contributed by atoms with E-state index in [1.54, 1.807) is 0 Å². The van der Waals surface area contributed by atoms with E-state index >= 15 is 0 Å². The Kier molecular flexibility index (Phi) is 4.29. The molecule has 2 aromatic rings. The number of Topliss-reactive ketones (excluding diaryl/α,β-unsaturated/α-hetero) is 1. The van der Waals surface area contributed by atoms with Crippen molar-refractivity contribution in [2.45, 2.75) is 31.0 Å². The summed E-state index contributed by atoms with van der Waals surface area (Å²) < 4.78 is 6.89. The van der Waals surface area contributed by atoms with Crippen molar-refractivity contribution in [3.63, 3.8) is 0 Å². The van der Waals surface area contributed by atoms with Crippen LogP contribution in [0.25, 0.3) is 11.2 Å². The number of nitrogens with one attached hydrogen (secondary N) is 1. The Labute approximate surface area is 135 Å². The number of hydrogen-bond acceptors (Lipinski definition) is 11. The van der Waals surface area contributed by atoms with E-state index in [0.29, 0.717) is 0 Å². The molecule has 0 radical (unpaired) electrons. The maximum absolute atomic E-state index is 12.0. The molecule has 0 aromatic carbocycles. The highest BCUT2D eigenvalue weighted by Crippen LogP contribution is 2.33. The van der Waals surface area contributed by atoms with Gasteiger partial charge in [0.15, 0.2) is 23.5 Å². The van der Waals surface area contributed by atoms with E-state index in [4.69, 9.17) is 22.0 Å². The molecule has 1 aliphatic heterocycles. The van der Waals surface area contributed by atoms with Crippen molar-refractivity contribution in [2.75, 3.05) is 17.7 Å². The molecular formula is C12H18N8O4. The second kappa shape index (κ2) is 6.26. The third-order valence-corrected chi connectivity index (χ3v) is 3.80. The summed E-state index contributed by atoms with van der Waals surface area (Å²) in [5.41, 5.74) is 13.9. The van der Waals surface area contributed by atoms with Crippen LogP contribution in [0.4, 0.5) is 11.8 Å². The van der Waals surface area contributed by atoms with E-state index in [1.807, 2.05) is 0 Å². The number of fused-ring (bicyclic) bond motifs is 1. The lowest BCUT2D eigenvalue weighted by Gasteiger charge is -2.16. The van der Waals surface area contributed by atoms with Gasteiger partial charge in [-0.05, 0) is 6.54 Å². The molecule has 2 aromatic heterocycles. The fraction of sp³-hybridized carbons (Fsp3) is 0.500. The zero-order valence-electron chi connectivity index (χ0n) is 12.5. The number of nitrogen functional groups attached to an aromatic ring is 2. The van der Waals surface area contributed by atoms with Crippen molar-refractivity contribution < 1.29 is 19.7 Å². The van der Waals surface area contributed by atoms with Gasteiger partial charge in [0.25, 0.3) is 0 Å². The number of ether oxygens (including phenoxy) is 1. The number of hydrazine groups is 1. The lowest BCUT2D eigenvalue weighted by atomic mass is 10.0. The van der Waals surface area contributed by atoms with Gasteiger partial charge in [-0.1, -0.05) is 0 Å². The fourth-order valence-electron chi connectivity index (χ4n) is 2.63. The Balaban J connectivity index is 1.98. The average molecular weight is 338 g/mol. The van der Waals surface area contributed by atoms with E-state index in [2.05, 4.69) is 20.4 Å². The smallest absolute Gasteiger partial charge is 0.241 e. The molecule has 0 bridgehead atoms. The first-order chi connectivity index (χ1) is 11.5. The monoisotopic (exact) mass is 338 g/mol. The Morgan fingerprint density at radius 3 is 2.79 bits per heavy atom. The number of imidazole rings is 1. The number of carbonyl (C=O) groups excluding carboxylic acids is 1. The van der Waals surface area contributed by atoms with Gasteiger partial charge in [0.05, 0.1) is 6.33 Å². The Hall–Kier alpha value is -2.38. The molecule has 0 amide bonds. The zero-order valence-corrected chi connectivity index (χ0v) is 12.5. The number of nitrogens with zero attached hydrogens (tertiary/aromatic N) is 4. The molecule has 0 unspecified atom stereocenters. The van der Waals surface area contributed by atoms with Gasteiger partial charge in [0.1, 0.15) is 23.8 Å². The van der Waals surface area contributed by atoms with Crippen LogP contribution in [0.2, 0.25) is 0 Å². The Morgan fingerprint density at radius 2 is 2.12 bits per heavy atom. The number of hydrogen-bond donors (Lipinski definition) is 6. The zero-order chi connectivity index (χ0) is 17.4. The molecule has 1 aliphatic rings. The highest BCUT2D eigenvalue weighted by molar-refractivity contribution is 5.85. The minimum atomic E-state index is -1.39. The average Bonchev–Trinajstić information content (AvgIpc) is 3.10. The molecular weight excluding hydrogens is 320 g/mol. The molecule has 1 fully saturated rings. The number of aromatic nitrogens is 4. The number of nitrogens with two attached hydrogens (primary N) is 3. The second-order valence-electron chi connectivity index (χ2n) is 5.33. The van der Waals surface area contributed by atoms with Crippen molar-refractivity contribution >= 4 is 28.7 Å². The number of aliphatic hydroxyl groups is 2. The molecule has 0 aliphatic carbocycles. The van der Waals surface area contributed by atoms with Gasteiger partial charge in [-0.25, -0.2) is 10.8 Å². The summed E-state index contributed by atoms with van der Waals surface area (Å²) in [6, 6.07) is 0. The molecule has 0 spiro atoms. The van der Waals surface area contributed by atoms with Gasteiger partial charge in [0.2, 0.25) is 5.95 Å². The van der Waals surface area contributed by atoms with Crippen molar-refractivity contribution in [2.24, 2.45) is 11.6 Å². The lowest BCUT2D eigenvalue weighted by Crippen LogP contribution is -2.36. The molecule has 24 heavy (non-hydrogen) atoms. The molecule has 1 saturated heterocycles. The molecule has 3 rings (SSSR count). The first-order valence-corrected chi connectivity index (χ1v) is 7.19. The van der Waals surface area contributed by atoms with Crippen LogP contribution in [0.1, 0.15) is 12.6 Å². The third-order valence-electron chi connectivity index (χ3n) is 3.80. The molecule has 12 heteroatoms. The number of ketones is 1. The highest BCUT2D eigenvalue weighted by atomic mass is 16.6. The minimum Gasteiger partial charge on any atom is -0.387 e. The third kappa shape index (κ3) is 2.55. The number of carbonyl (C=O) groups is 1. The van der Waals surface area contributed by atoms with Crippen molar-refractivity contribution in [3.05, 3.63) is 6.33 Å². The second-order valence-corrected chi connectivity index (χ2v) is 5.33. The van der Waals surface area contributed by atoms with Gasteiger partial charge < -0.3 is 26.4 Å². The van der Waals surface area contributed by atoms with Crippen LogP contribution in [-0.2, 0) is 9.53 Å². The Bertz CT molecular complexity index is 765. The van der Waals surface area contributed by atoms with E-state index in [9.17, 15) is 15.0 Å². The van der Waals surface area contributed by atoms with Gasteiger partial charge in [-0.3, -0.25) is 14.8 Å². The van der Waals surface area contributed by atoms with Crippen LogP contribution in [0.3, 0.4) is 0 Å². The largest absolute Gasteiger partial charge is 0.387 e. The first kappa shape index (κ1) is 16.5. The van der Waals surface area contributed by atoms with Gasteiger partial charge >= 0.3 is 0 Å². The topological polar surface area (TPSA) is 200 Å². The molecule has 9 N–H and O–H groups in total. The normalized spacial score (nSPS) is 26.8. The summed E-state index contributed by atoms with van der Waals surface area (Å²) in [5.74, 6) is 5.02. The predicted octanol–water partition coefficient (Wildman–Crippen LogP) is -2.77. The summed E-state index contributed by atoms with van der Waals surface area (Å²) in [7, 11) is 0. The van der Waals surface area contributed by atoms with Crippen LogP contribution in [0, 0.1) is 0 Å². The van der Waals surface area contributed by atoms with Gasteiger partial charge in [-0.2, -0.15) is 9.97 Å². The quantitative estimate of drug-likeness (QED) is 0.243. The van der Waals surface area contributed by atoms with E-state index in [0.717, 1.165) is 0 Å². The van der Waals surface area contributed by atoms with Crippen LogP contribution >= 0.6 is 0 Å². The summed E-state index contributed by atoms with van der Waals surface area (Å²) in [6.45, 7) is 0.121. The summed E-state index contributed by atoms with van der Waals surface area (Å²) in [6.07, 6.45) is -3.65.